The van der Waals surface area contributed by atoms with Gasteiger partial charge in [0.05, 0.1) is 12.6 Å². The molecule has 2 aliphatic rings. The van der Waals surface area contributed by atoms with Gasteiger partial charge in [-0.3, -0.25) is 9.69 Å². The van der Waals surface area contributed by atoms with Crippen molar-refractivity contribution in [1.82, 2.24) is 19.8 Å². The van der Waals surface area contributed by atoms with E-state index in [1.807, 2.05) is 47.1 Å². The van der Waals surface area contributed by atoms with E-state index in [-0.39, 0.29) is 24.4 Å². The van der Waals surface area contributed by atoms with Gasteiger partial charge in [0.15, 0.2) is 0 Å². The van der Waals surface area contributed by atoms with Gasteiger partial charge < -0.3 is 14.8 Å². The monoisotopic (exact) mass is 361 g/mol. The van der Waals surface area contributed by atoms with Gasteiger partial charge in [-0.15, -0.1) is 12.4 Å². The third-order valence-corrected chi connectivity index (χ3v) is 5.04. The van der Waals surface area contributed by atoms with E-state index in [2.05, 4.69) is 21.3 Å². The van der Waals surface area contributed by atoms with Crippen LogP contribution in [0.1, 0.15) is 17.4 Å². The molecule has 7 heteroatoms. The molecule has 1 N–H and O–H groups in total. The van der Waals surface area contributed by atoms with Crippen LogP contribution in [0.3, 0.4) is 0 Å². The lowest BCUT2D eigenvalue weighted by Crippen LogP contribution is -2.50. The number of piperazine rings is 1. The second kappa shape index (κ2) is 7.56. The lowest BCUT2D eigenvalue weighted by Gasteiger charge is -2.36. The summed E-state index contributed by atoms with van der Waals surface area (Å²) >= 11 is 0. The van der Waals surface area contributed by atoms with Crippen molar-refractivity contribution in [3.8, 4) is 0 Å². The molecule has 1 amide bonds. The molecule has 1 aromatic heterocycles. The average molecular weight is 362 g/mol. The molecule has 0 spiro atoms. The molecule has 1 fully saturated rings. The average Bonchev–Trinajstić information content (AvgIpc) is 3.21. The lowest BCUT2D eigenvalue weighted by atomic mass is 10.1. The number of nitrogens with zero attached hydrogens (tertiary/aromatic N) is 4. The number of hydrogen-bond acceptors (Lipinski definition) is 4. The Bertz CT molecular complexity index is 747. The molecule has 25 heavy (non-hydrogen) atoms. The molecule has 0 radical (unpaired) electrons. The number of rotatable bonds is 3. The molecule has 3 heterocycles. The van der Waals surface area contributed by atoms with E-state index in [4.69, 9.17) is 0 Å². The van der Waals surface area contributed by atoms with Gasteiger partial charge in [0.1, 0.15) is 5.82 Å². The van der Waals surface area contributed by atoms with Crippen LogP contribution in [0.5, 0.6) is 0 Å². The van der Waals surface area contributed by atoms with Crippen LogP contribution in [-0.4, -0.2) is 53.1 Å². The van der Waals surface area contributed by atoms with Crippen molar-refractivity contribution in [2.75, 3.05) is 37.6 Å². The Morgan fingerprint density at radius 2 is 2.16 bits per heavy atom. The maximum Gasteiger partial charge on any atom is 0.241 e. The molecule has 1 unspecified atom stereocenters. The number of aryl methyl sites for hydroxylation is 1. The van der Waals surface area contributed by atoms with Gasteiger partial charge >= 0.3 is 0 Å². The molecule has 0 saturated carbocycles. The summed E-state index contributed by atoms with van der Waals surface area (Å²) in [6, 6.07) is 8.35. The van der Waals surface area contributed by atoms with E-state index < -0.39 is 0 Å². The number of imidazole rings is 1. The predicted octanol–water partition coefficient (Wildman–Crippen LogP) is 1.38. The maximum absolute atomic E-state index is 12.9. The first-order chi connectivity index (χ1) is 11.7. The van der Waals surface area contributed by atoms with Gasteiger partial charge in [0.2, 0.25) is 5.91 Å². The molecule has 2 aromatic rings. The Kier molecular flexibility index (Phi) is 5.42. The van der Waals surface area contributed by atoms with Gasteiger partial charge in [-0.1, -0.05) is 18.2 Å². The summed E-state index contributed by atoms with van der Waals surface area (Å²) in [5, 5.41) is 3.42. The van der Waals surface area contributed by atoms with Crippen LogP contribution in [0.2, 0.25) is 0 Å². The van der Waals surface area contributed by atoms with E-state index >= 15 is 0 Å². The zero-order valence-corrected chi connectivity index (χ0v) is 15.2. The largest absolute Gasteiger partial charge is 0.337 e. The number of aromatic nitrogens is 2. The van der Waals surface area contributed by atoms with Gasteiger partial charge in [-0.2, -0.15) is 0 Å². The molecular weight excluding hydrogens is 338 g/mol. The number of benzene rings is 1. The van der Waals surface area contributed by atoms with Crippen molar-refractivity contribution < 1.29 is 4.79 Å². The number of carbonyl (C=O) groups excluding carboxylic acids is 1. The number of fused-ring (bicyclic) bond motifs is 1. The summed E-state index contributed by atoms with van der Waals surface area (Å²) in [6.45, 7) is 3.82. The zero-order valence-electron chi connectivity index (χ0n) is 14.4. The van der Waals surface area contributed by atoms with Crippen molar-refractivity contribution in [3.05, 3.63) is 48.0 Å². The number of anilines is 1. The molecule has 4 rings (SSSR count). The highest BCUT2D eigenvalue weighted by Crippen LogP contribution is 2.28. The minimum absolute atomic E-state index is 0. The smallest absolute Gasteiger partial charge is 0.241 e. The topological polar surface area (TPSA) is 53.4 Å². The van der Waals surface area contributed by atoms with E-state index in [1.54, 1.807) is 0 Å². The molecule has 2 aliphatic heterocycles. The Balaban J connectivity index is 0.00000182. The standard InChI is InChI=1S/C18H23N5O.ClH/c1-21-10-8-20-18(21)16-12-19-7-11-22(16)13-17(24)23-9-6-14-4-2-3-5-15(14)23;/h2-5,8,10,16,19H,6-7,9,11-13H2,1H3;1H. The fraction of sp³-hybridized carbons (Fsp3) is 0.444. The Morgan fingerprint density at radius 1 is 1.32 bits per heavy atom. The first-order valence-electron chi connectivity index (χ1n) is 8.54. The number of halogens is 1. The van der Waals surface area contributed by atoms with Crippen LogP contribution < -0.4 is 10.2 Å². The minimum Gasteiger partial charge on any atom is -0.337 e. The Labute approximate surface area is 154 Å². The van der Waals surface area contributed by atoms with Crippen LogP contribution in [0.4, 0.5) is 5.69 Å². The lowest BCUT2D eigenvalue weighted by molar-refractivity contribution is -0.120. The van der Waals surface area contributed by atoms with Crippen LogP contribution >= 0.6 is 12.4 Å². The molecule has 1 aromatic carbocycles. The summed E-state index contributed by atoms with van der Waals surface area (Å²) in [5.74, 6) is 1.19. The van der Waals surface area contributed by atoms with E-state index in [0.29, 0.717) is 6.54 Å². The van der Waals surface area contributed by atoms with Gasteiger partial charge in [-0.25, -0.2) is 4.98 Å². The molecular formula is C18H24ClN5O. The summed E-state index contributed by atoms with van der Waals surface area (Å²) in [4.78, 5) is 21.6. The number of amides is 1. The van der Waals surface area contributed by atoms with Crippen molar-refractivity contribution in [2.45, 2.75) is 12.5 Å². The molecule has 0 aliphatic carbocycles. The van der Waals surface area contributed by atoms with E-state index in [1.165, 1.54) is 5.56 Å². The fourth-order valence-corrected chi connectivity index (χ4v) is 3.74. The normalized spacial score (nSPS) is 20.2. The second-order valence-corrected chi connectivity index (χ2v) is 6.51. The van der Waals surface area contributed by atoms with E-state index in [9.17, 15) is 4.79 Å². The summed E-state index contributed by atoms with van der Waals surface area (Å²) in [7, 11) is 2.01. The van der Waals surface area contributed by atoms with Crippen LogP contribution in [-0.2, 0) is 18.3 Å². The van der Waals surface area contributed by atoms with Gasteiger partial charge in [-0.05, 0) is 18.1 Å². The zero-order chi connectivity index (χ0) is 16.5. The first-order valence-corrected chi connectivity index (χ1v) is 8.54. The quantitative estimate of drug-likeness (QED) is 0.897. The molecule has 6 nitrogen and oxygen atoms in total. The Hall–Kier alpha value is -1.89. The highest BCUT2D eigenvalue weighted by atomic mass is 35.5. The maximum atomic E-state index is 12.9. The minimum atomic E-state index is 0. The molecule has 134 valence electrons. The molecule has 1 atom stereocenters. The third-order valence-electron chi connectivity index (χ3n) is 5.04. The predicted molar refractivity (Wildman–Crippen MR) is 100 cm³/mol. The summed E-state index contributed by atoms with van der Waals surface area (Å²) in [6.07, 6.45) is 4.73. The van der Waals surface area contributed by atoms with Crippen LogP contribution in [0, 0.1) is 0 Å². The summed E-state index contributed by atoms with van der Waals surface area (Å²) in [5.41, 5.74) is 2.35. The number of hydrogen-bond donors (Lipinski definition) is 1. The van der Waals surface area contributed by atoms with Crippen LogP contribution in [0.25, 0.3) is 0 Å². The number of nitrogens with one attached hydrogen (secondary N) is 1. The fourth-order valence-electron chi connectivity index (χ4n) is 3.74. The first kappa shape index (κ1) is 17.9. The van der Waals surface area contributed by atoms with Crippen LogP contribution in [0.15, 0.2) is 36.7 Å². The highest BCUT2D eigenvalue weighted by molar-refractivity contribution is 5.96. The van der Waals surface area contributed by atoms with Gasteiger partial charge in [0, 0.05) is 51.3 Å². The second-order valence-electron chi connectivity index (χ2n) is 6.51. The number of carbonyl (C=O) groups is 1. The van der Waals surface area contributed by atoms with Crippen molar-refractivity contribution in [3.63, 3.8) is 0 Å². The van der Waals surface area contributed by atoms with Crippen molar-refractivity contribution >= 4 is 24.0 Å². The molecule has 1 saturated heterocycles. The highest BCUT2D eigenvalue weighted by Gasteiger charge is 2.31. The van der Waals surface area contributed by atoms with Gasteiger partial charge in [0.25, 0.3) is 0 Å². The Morgan fingerprint density at radius 3 is 2.96 bits per heavy atom. The summed E-state index contributed by atoms with van der Waals surface area (Å²) < 4.78 is 2.04. The van der Waals surface area contributed by atoms with E-state index in [0.717, 1.165) is 44.1 Å². The van der Waals surface area contributed by atoms with Crippen molar-refractivity contribution in [2.24, 2.45) is 7.05 Å². The van der Waals surface area contributed by atoms with Crippen molar-refractivity contribution in [1.29, 1.82) is 0 Å². The SMILES string of the molecule is Cl.Cn1ccnc1C1CNCCN1CC(=O)N1CCc2ccccc21. The number of para-hydroxylation sites is 1. The molecule has 0 bridgehead atoms. The third kappa shape index (κ3) is 3.42.